The zero-order valence-corrected chi connectivity index (χ0v) is 17.5. The summed E-state index contributed by atoms with van der Waals surface area (Å²) >= 11 is 6.10. The maximum absolute atomic E-state index is 16.0. The summed E-state index contributed by atoms with van der Waals surface area (Å²) in [5.41, 5.74) is 2.60. The standard InChI is InChI=1S/C20H17ClFN5O5/c1-10(28)30-7-12-19(22)8-20(19,32-16(29)11-5-3-2-4-6-11)17(31-12)27-9-24-13-14(21)25-18(23)26-15(13)27/h2-6,9,12,17H,7-8H2,1H3,(H2,23,25,26). The maximum Gasteiger partial charge on any atom is 0.338 e. The molecular weight excluding hydrogens is 445 g/mol. The Morgan fingerprint density at radius 1 is 1.34 bits per heavy atom. The molecule has 2 aliphatic rings. The first-order valence-corrected chi connectivity index (χ1v) is 10.0. The van der Waals surface area contributed by atoms with Crippen molar-refractivity contribution < 1.29 is 28.2 Å². The van der Waals surface area contributed by atoms with Crippen LogP contribution < -0.4 is 5.73 Å². The highest BCUT2D eigenvalue weighted by Crippen LogP contribution is 2.68. The zero-order valence-electron chi connectivity index (χ0n) is 16.7. The molecule has 3 aromatic rings. The number of benzene rings is 1. The van der Waals surface area contributed by atoms with Gasteiger partial charge in [-0.25, -0.2) is 14.2 Å². The van der Waals surface area contributed by atoms with Gasteiger partial charge in [-0.1, -0.05) is 29.8 Å². The number of anilines is 1. The Hall–Kier alpha value is -3.31. The number of nitrogens with two attached hydrogens (primary N) is 1. The number of carbonyl (C=O) groups is 2. The van der Waals surface area contributed by atoms with Crippen molar-refractivity contribution in [1.82, 2.24) is 19.5 Å². The average Bonchev–Trinajstić information content (AvgIpc) is 3.03. The number of hydrogen-bond acceptors (Lipinski definition) is 9. The zero-order chi connectivity index (χ0) is 22.7. The summed E-state index contributed by atoms with van der Waals surface area (Å²) in [4.78, 5) is 36.3. The maximum atomic E-state index is 16.0. The summed E-state index contributed by atoms with van der Waals surface area (Å²) < 4.78 is 34.0. The molecule has 2 N–H and O–H groups in total. The third-order valence-corrected chi connectivity index (χ3v) is 5.94. The quantitative estimate of drug-likeness (QED) is 0.448. The van der Waals surface area contributed by atoms with Gasteiger partial charge >= 0.3 is 11.9 Å². The fourth-order valence-corrected chi connectivity index (χ4v) is 4.30. The molecule has 12 heteroatoms. The topological polar surface area (TPSA) is 131 Å². The van der Waals surface area contributed by atoms with E-state index in [1.165, 1.54) is 17.8 Å². The lowest BCUT2D eigenvalue weighted by Crippen LogP contribution is -2.34. The van der Waals surface area contributed by atoms with Gasteiger partial charge in [0.2, 0.25) is 5.95 Å². The van der Waals surface area contributed by atoms with E-state index in [-0.39, 0.29) is 40.9 Å². The molecule has 0 radical (unpaired) electrons. The molecule has 0 spiro atoms. The number of nitrogen functional groups attached to an aromatic ring is 1. The number of carbonyl (C=O) groups excluding carboxylic acids is 2. The van der Waals surface area contributed by atoms with E-state index in [0.29, 0.717) is 0 Å². The number of hydrogen-bond donors (Lipinski definition) is 1. The van der Waals surface area contributed by atoms with Gasteiger partial charge in [-0.05, 0) is 12.1 Å². The van der Waals surface area contributed by atoms with Crippen molar-refractivity contribution >= 4 is 40.7 Å². The van der Waals surface area contributed by atoms with Crippen LogP contribution in [0.5, 0.6) is 0 Å². The molecule has 10 nitrogen and oxygen atoms in total. The Bertz CT molecular complexity index is 1240. The Labute approximate surface area is 185 Å². The number of aromatic nitrogens is 4. The van der Waals surface area contributed by atoms with Crippen LogP contribution in [0, 0.1) is 0 Å². The van der Waals surface area contributed by atoms with Crippen LogP contribution >= 0.6 is 11.6 Å². The number of esters is 2. The van der Waals surface area contributed by atoms with Crippen LogP contribution in [-0.4, -0.2) is 55.4 Å². The van der Waals surface area contributed by atoms with E-state index in [1.807, 2.05) is 0 Å². The minimum Gasteiger partial charge on any atom is -0.463 e. The second-order valence-electron chi connectivity index (χ2n) is 7.66. The van der Waals surface area contributed by atoms with E-state index in [2.05, 4.69) is 15.0 Å². The fraction of sp³-hybridized carbons (Fsp3) is 0.350. The Morgan fingerprint density at radius 2 is 2.09 bits per heavy atom. The van der Waals surface area contributed by atoms with Crippen molar-refractivity contribution in [2.75, 3.05) is 12.3 Å². The highest BCUT2D eigenvalue weighted by Gasteiger charge is 2.86. The SMILES string of the molecule is CC(=O)OCC1OC(n2cnc3c(Cl)nc(N)nc32)C2(OC(=O)c3ccccc3)CC12F. The van der Waals surface area contributed by atoms with Crippen molar-refractivity contribution in [2.24, 2.45) is 0 Å². The normalized spacial score (nSPS) is 28.3. The number of imidazole rings is 1. The monoisotopic (exact) mass is 461 g/mol. The van der Waals surface area contributed by atoms with Crippen LogP contribution in [0.1, 0.15) is 29.9 Å². The van der Waals surface area contributed by atoms with E-state index in [1.54, 1.807) is 30.3 Å². The summed E-state index contributed by atoms with van der Waals surface area (Å²) in [6.07, 6.45) is -1.16. The van der Waals surface area contributed by atoms with Gasteiger partial charge in [0.15, 0.2) is 28.3 Å². The number of alkyl halides is 1. The van der Waals surface area contributed by atoms with Crippen molar-refractivity contribution in [3.05, 3.63) is 47.4 Å². The second-order valence-corrected chi connectivity index (χ2v) is 8.02. The van der Waals surface area contributed by atoms with Crippen LogP contribution in [0.25, 0.3) is 11.2 Å². The molecule has 0 amide bonds. The lowest BCUT2D eigenvalue weighted by atomic mass is 10.1. The minimum atomic E-state index is -2.09. The smallest absolute Gasteiger partial charge is 0.338 e. The number of rotatable bonds is 5. The second kappa shape index (κ2) is 7.10. The molecule has 32 heavy (non-hydrogen) atoms. The Balaban J connectivity index is 1.56. The number of nitrogens with zero attached hydrogens (tertiary/aromatic N) is 4. The van der Waals surface area contributed by atoms with Gasteiger partial charge in [-0.2, -0.15) is 9.97 Å². The summed E-state index contributed by atoms with van der Waals surface area (Å²) in [5.74, 6) is -1.42. The van der Waals surface area contributed by atoms with Crippen molar-refractivity contribution in [2.45, 2.75) is 36.9 Å². The highest BCUT2D eigenvalue weighted by molar-refractivity contribution is 6.33. The first-order chi connectivity index (χ1) is 15.2. The predicted molar refractivity (Wildman–Crippen MR) is 108 cm³/mol. The number of halogens is 2. The molecule has 1 saturated heterocycles. The lowest BCUT2D eigenvalue weighted by Gasteiger charge is -2.24. The summed E-state index contributed by atoms with van der Waals surface area (Å²) in [5, 5.41) is 0.0124. The molecule has 2 fully saturated rings. The molecular formula is C20H17ClFN5O5. The molecule has 3 heterocycles. The fourth-order valence-electron chi connectivity index (χ4n) is 4.08. The third kappa shape index (κ3) is 3.00. The van der Waals surface area contributed by atoms with Gasteiger partial charge in [-0.15, -0.1) is 0 Å². The molecule has 1 aromatic carbocycles. The van der Waals surface area contributed by atoms with Crippen LogP contribution in [0.2, 0.25) is 5.15 Å². The van der Waals surface area contributed by atoms with Gasteiger partial charge < -0.3 is 19.9 Å². The summed E-state index contributed by atoms with van der Waals surface area (Å²) in [6.45, 7) is 0.857. The lowest BCUT2D eigenvalue weighted by molar-refractivity contribution is -0.149. The molecule has 5 rings (SSSR count). The van der Waals surface area contributed by atoms with Crippen LogP contribution in [0.4, 0.5) is 10.3 Å². The Morgan fingerprint density at radius 3 is 2.81 bits per heavy atom. The number of fused-ring (bicyclic) bond motifs is 2. The molecule has 1 aliphatic carbocycles. The molecule has 0 bridgehead atoms. The first kappa shape index (κ1) is 20.6. The third-order valence-electron chi connectivity index (χ3n) is 5.67. The van der Waals surface area contributed by atoms with Gasteiger partial charge in [0.05, 0.1) is 11.9 Å². The first-order valence-electron chi connectivity index (χ1n) is 9.67. The van der Waals surface area contributed by atoms with Gasteiger partial charge in [0.25, 0.3) is 0 Å². The van der Waals surface area contributed by atoms with Crippen LogP contribution in [0.3, 0.4) is 0 Å². The van der Waals surface area contributed by atoms with Crippen LogP contribution in [0.15, 0.2) is 36.7 Å². The van der Waals surface area contributed by atoms with E-state index in [9.17, 15) is 9.59 Å². The van der Waals surface area contributed by atoms with E-state index in [4.69, 9.17) is 31.5 Å². The van der Waals surface area contributed by atoms with Gasteiger partial charge in [0.1, 0.15) is 18.2 Å². The minimum absolute atomic E-state index is 0.0124. The van der Waals surface area contributed by atoms with E-state index < -0.39 is 35.5 Å². The predicted octanol–water partition coefficient (Wildman–Crippen LogP) is 2.23. The van der Waals surface area contributed by atoms with Crippen molar-refractivity contribution in [1.29, 1.82) is 0 Å². The summed E-state index contributed by atoms with van der Waals surface area (Å²) in [7, 11) is 0. The van der Waals surface area contributed by atoms with Gasteiger partial charge in [0, 0.05) is 13.3 Å². The molecule has 166 valence electrons. The molecule has 4 unspecified atom stereocenters. The van der Waals surface area contributed by atoms with E-state index in [0.717, 1.165) is 0 Å². The molecule has 1 aliphatic heterocycles. The van der Waals surface area contributed by atoms with E-state index >= 15 is 4.39 Å². The van der Waals surface area contributed by atoms with Crippen molar-refractivity contribution in [3.63, 3.8) is 0 Å². The average molecular weight is 462 g/mol. The van der Waals surface area contributed by atoms with Crippen molar-refractivity contribution in [3.8, 4) is 0 Å². The van der Waals surface area contributed by atoms with Gasteiger partial charge in [-0.3, -0.25) is 9.36 Å². The largest absolute Gasteiger partial charge is 0.463 e. The summed E-state index contributed by atoms with van der Waals surface area (Å²) in [6, 6.07) is 8.20. The molecule has 4 atom stereocenters. The van der Waals surface area contributed by atoms with Crippen LogP contribution in [-0.2, 0) is 19.0 Å². The Kier molecular flexibility index (Phi) is 4.57. The number of ether oxygens (including phenoxy) is 3. The molecule has 2 aromatic heterocycles. The molecule has 1 saturated carbocycles. The highest BCUT2D eigenvalue weighted by atomic mass is 35.5.